The van der Waals surface area contributed by atoms with E-state index in [1.807, 2.05) is 6.92 Å². The van der Waals surface area contributed by atoms with Crippen molar-refractivity contribution in [1.29, 1.82) is 0 Å². The van der Waals surface area contributed by atoms with Crippen molar-refractivity contribution >= 4 is 22.8 Å². The summed E-state index contributed by atoms with van der Waals surface area (Å²) in [5.74, 6) is -1.45. The Labute approximate surface area is 144 Å². The van der Waals surface area contributed by atoms with E-state index >= 15 is 0 Å². The van der Waals surface area contributed by atoms with Crippen molar-refractivity contribution in [3.63, 3.8) is 0 Å². The highest BCUT2D eigenvalue weighted by molar-refractivity contribution is 5.85. The van der Waals surface area contributed by atoms with Gasteiger partial charge in [0.25, 0.3) is 5.91 Å². The van der Waals surface area contributed by atoms with E-state index in [0.29, 0.717) is 17.8 Å². The number of nitrogens with one attached hydrogen (secondary N) is 1. The minimum atomic E-state index is -1.08. The van der Waals surface area contributed by atoms with Crippen molar-refractivity contribution < 1.29 is 23.8 Å². The Kier molecular flexibility index (Phi) is 5.80. The summed E-state index contributed by atoms with van der Waals surface area (Å²) in [7, 11) is 0. The first-order chi connectivity index (χ1) is 11.8. The molecule has 2 atom stereocenters. The van der Waals surface area contributed by atoms with Gasteiger partial charge < -0.3 is 19.6 Å². The molecule has 0 saturated carbocycles. The molecule has 25 heavy (non-hydrogen) atoms. The smallest absolute Gasteiger partial charge is 0.336 e. The molecule has 0 bridgehead atoms. The summed E-state index contributed by atoms with van der Waals surface area (Å²) in [6, 6.07) is 5.36. The van der Waals surface area contributed by atoms with Gasteiger partial charge in [-0.2, -0.15) is 0 Å². The number of carbonyl (C=O) groups is 2. The molecular formula is C18H21NO6. The summed E-state index contributed by atoms with van der Waals surface area (Å²) in [4.78, 5) is 34.6. The standard InChI is InChI=1S/C18H21NO6/c1-4-10(2)17(18(22)23)19-15(20)9-24-12-5-6-13-11(3)7-16(21)25-14(13)8-12/h5-8,10,17H,4,9H2,1-3H3,(H,19,20)(H,22,23)/t10-,17-/m0/s1. The van der Waals surface area contributed by atoms with Crippen LogP contribution in [0.15, 0.2) is 33.5 Å². The topological polar surface area (TPSA) is 106 Å². The van der Waals surface area contributed by atoms with Crippen LogP contribution < -0.4 is 15.7 Å². The van der Waals surface area contributed by atoms with E-state index in [2.05, 4.69) is 5.32 Å². The van der Waals surface area contributed by atoms with Gasteiger partial charge in [0.05, 0.1) is 0 Å². The second-order valence-electron chi connectivity index (χ2n) is 5.96. The Morgan fingerprint density at radius 3 is 2.68 bits per heavy atom. The van der Waals surface area contributed by atoms with E-state index in [-0.39, 0.29) is 12.5 Å². The number of carbonyl (C=O) groups excluding carboxylic acids is 1. The summed E-state index contributed by atoms with van der Waals surface area (Å²) in [6.45, 7) is 5.08. The van der Waals surface area contributed by atoms with Gasteiger partial charge in [0.15, 0.2) is 6.61 Å². The number of aliphatic carboxylic acids is 1. The molecule has 7 heteroatoms. The molecule has 0 fully saturated rings. The predicted octanol–water partition coefficient (Wildman–Crippen LogP) is 2.10. The van der Waals surface area contributed by atoms with Crippen LogP contribution in [0.1, 0.15) is 25.8 Å². The van der Waals surface area contributed by atoms with E-state index < -0.39 is 23.5 Å². The van der Waals surface area contributed by atoms with Crippen LogP contribution in [0.25, 0.3) is 11.0 Å². The Morgan fingerprint density at radius 1 is 1.32 bits per heavy atom. The second-order valence-corrected chi connectivity index (χ2v) is 5.96. The van der Waals surface area contributed by atoms with Crippen molar-refractivity contribution in [2.24, 2.45) is 5.92 Å². The third kappa shape index (κ3) is 4.59. The van der Waals surface area contributed by atoms with Crippen LogP contribution >= 0.6 is 0 Å². The third-order valence-electron chi connectivity index (χ3n) is 4.09. The zero-order chi connectivity index (χ0) is 18.6. The first-order valence-corrected chi connectivity index (χ1v) is 8.01. The normalized spacial score (nSPS) is 13.2. The average Bonchev–Trinajstić information content (AvgIpc) is 2.56. The lowest BCUT2D eigenvalue weighted by Gasteiger charge is -2.20. The van der Waals surface area contributed by atoms with E-state index in [1.54, 1.807) is 26.0 Å². The molecule has 2 N–H and O–H groups in total. The number of carboxylic acid groups (broad SMARTS) is 1. The Balaban J connectivity index is 2.05. The summed E-state index contributed by atoms with van der Waals surface area (Å²) in [5.41, 5.74) is 0.692. The molecule has 1 aromatic carbocycles. The maximum Gasteiger partial charge on any atom is 0.336 e. The van der Waals surface area contributed by atoms with Gasteiger partial charge in [-0.05, 0) is 30.5 Å². The van der Waals surface area contributed by atoms with Gasteiger partial charge in [0, 0.05) is 17.5 Å². The van der Waals surface area contributed by atoms with E-state index in [4.69, 9.17) is 9.15 Å². The van der Waals surface area contributed by atoms with E-state index in [0.717, 1.165) is 10.9 Å². The number of aryl methyl sites for hydroxylation is 1. The molecule has 0 aliphatic heterocycles. The molecule has 2 rings (SSSR count). The first kappa shape index (κ1) is 18.5. The lowest BCUT2D eigenvalue weighted by molar-refractivity contribution is -0.143. The highest BCUT2D eigenvalue weighted by Crippen LogP contribution is 2.22. The molecule has 1 aromatic heterocycles. The van der Waals surface area contributed by atoms with E-state index in [1.165, 1.54) is 12.1 Å². The van der Waals surface area contributed by atoms with Gasteiger partial charge in [0.2, 0.25) is 0 Å². The fraction of sp³-hybridized carbons (Fsp3) is 0.389. The van der Waals surface area contributed by atoms with Crippen LogP contribution in [0.3, 0.4) is 0 Å². The molecule has 0 spiro atoms. The van der Waals surface area contributed by atoms with Crippen molar-refractivity contribution in [1.82, 2.24) is 5.32 Å². The maximum atomic E-state index is 12.0. The van der Waals surface area contributed by atoms with Crippen molar-refractivity contribution in [2.45, 2.75) is 33.2 Å². The number of hydrogen-bond acceptors (Lipinski definition) is 5. The molecule has 7 nitrogen and oxygen atoms in total. The number of rotatable bonds is 7. The minimum absolute atomic E-state index is 0.195. The van der Waals surface area contributed by atoms with Crippen LogP contribution in [0.4, 0.5) is 0 Å². The van der Waals surface area contributed by atoms with Gasteiger partial charge in [-0.3, -0.25) is 4.79 Å². The highest BCUT2D eigenvalue weighted by Gasteiger charge is 2.25. The third-order valence-corrected chi connectivity index (χ3v) is 4.09. The quantitative estimate of drug-likeness (QED) is 0.743. The molecule has 1 amide bonds. The van der Waals surface area contributed by atoms with Gasteiger partial charge in [-0.15, -0.1) is 0 Å². The van der Waals surface area contributed by atoms with Gasteiger partial charge in [-0.1, -0.05) is 20.3 Å². The number of hydrogen-bond donors (Lipinski definition) is 2. The zero-order valence-electron chi connectivity index (χ0n) is 14.4. The van der Waals surface area contributed by atoms with Crippen molar-refractivity contribution in [2.75, 3.05) is 6.61 Å². The predicted molar refractivity (Wildman–Crippen MR) is 91.7 cm³/mol. The molecule has 1 heterocycles. The minimum Gasteiger partial charge on any atom is -0.484 e. The number of amides is 1. The van der Waals surface area contributed by atoms with Crippen LogP contribution in [0, 0.1) is 12.8 Å². The first-order valence-electron chi connectivity index (χ1n) is 8.01. The highest BCUT2D eigenvalue weighted by atomic mass is 16.5. The molecule has 0 radical (unpaired) electrons. The lowest BCUT2D eigenvalue weighted by atomic mass is 9.99. The molecule has 0 aliphatic rings. The summed E-state index contributed by atoms with van der Waals surface area (Å²) in [5, 5.41) is 12.4. The SMILES string of the molecule is CC[C@H](C)[C@H](NC(=O)COc1ccc2c(C)cc(=O)oc2c1)C(=O)O. The van der Waals surface area contributed by atoms with Crippen LogP contribution in [-0.2, 0) is 9.59 Å². The second kappa shape index (κ2) is 7.83. The van der Waals surface area contributed by atoms with Gasteiger partial charge in [0.1, 0.15) is 17.4 Å². The number of benzene rings is 1. The monoisotopic (exact) mass is 347 g/mol. The largest absolute Gasteiger partial charge is 0.484 e. The Bertz CT molecular complexity index is 841. The van der Waals surface area contributed by atoms with Gasteiger partial charge in [-0.25, -0.2) is 9.59 Å². The fourth-order valence-corrected chi connectivity index (χ4v) is 2.44. The van der Waals surface area contributed by atoms with E-state index in [9.17, 15) is 19.5 Å². The number of carboxylic acids is 1. The van der Waals surface area contributed by atoms with Crippen molar-refractivity contribution in [3.8, 4) is 5.75 Å². The summed E-state index contributed by atoms with van der Waals surface area (Å²) < 4.78 is 10.5. The summed E-state index contributed by atoms with van der Waals surface area (Å²) >= 11 is 0. The molecule has 0 saturated heterocycles. The summed E-state index contributed by atoms with van der Waals surface area (Å²) in [6.07, 6.45) is 0.626. The average molecular weight is 347 g/mol. The van der Waals surface area contributed by atoms with Crippen LogP contribution in [-0.4, -0.2) is 29.6 Å². The fourth-order valence-electron chi connectivity index (χ4n) is 2.44. The molecule has 2 aromatic rings. The lowest BCUT2D eigenvalue weighted by Crippen LogP contribution is -2.46. The van der Waals surface area contributed by atoms with Crippen LogP contribution in [0.5, 0.6) is 5.75 Å². The molecular weight excluding hydrogens is 326 g/mol. The molecule has 0 unspecified atom stereocenters. The number of ether oxygens (including phenoxy) is 1. The van der Waals surface area contributed by atoms with Crippen LogP contribution in [0.2, 0.25) is 0 Å². The Hall–Kier alpha value is -2.83. The van der Waals surface area contributed by atoms with Crippen molar-refractivity contribution in [3.05, 3.63) is 40.2 Å². The van der Waals surface area contributed by atoms with Gasteiger partial charge >= 0.3 is 11.6 Å². The molecule has 0 aliphatic carbocycles. The zero-order valence-corrected chi connectivity index (χ0v) is 14.4. The molecule has 134 valence electrons. The Morgan fingerprint density at radius 2 is 2.04 bits per heavy atom. The number of fused-ring (bicyclic) bond motifs is 1. The maximum absolute atomic E-state index is 12.0.